The summed E-state index contributed by atoms with van der Waals surface area (Å²) in [4.78, 5) is 11.6. The molecule has 0 atom stereocenters. The second-order valence-corrected chi connectivity index (χ2v) is 5.98. The van der Waals surface area contributed by atoms with E-state index in [1.165, 1.54) is 6.92 Å². The summed E-state index contributed by atoms with van der Waals surface area (Å²) in [7, 11) is 0. The highest BCUT2D eigenvalue weighted by Crippen LogP contribution is 2.26. The minimum absolute atomic E-state index is 0.0570. The van der Waals surface area contributed by atoms with Crippen LogP contribution in [0.5, 0.6) is 5.75 Å². The molecule has 20 heavy (non-hydrogen) atoms. The molecule has 0 fully saturated rings. The Morgan fingerprint density at radius 3 is 2.65 bits per heavy atom. The average Bonchev–Trinajstić information content (AvgIpc) is 2.40. The van der Waals surface area contributed by atoms with Crippen LogP contribution >= 0.6 is 39.1 Å². The summed E-state index contributed by atoms with van der Waals surface area (Å²) in [5.41, 5.74) is 1.30. The van der Waals surface area contributed by atoms with E-state index in [0.717, 1.165) is 10.0 Å². The molecular weight excluding hydrogens is 363 g/mol. The molecule has 0 aliphatic heterocycles. The average molecular weight is 374 g/mol. The third-order valence-electron chi connectivity index (χ3n) is 2.71. The molecule has 0 aliphatic rings. The Labute approximate surface area is 135 Å². The summed E-state index contributed by atoms with van der Waals surface area (Å²) >= 11 is 15.3. The quantitative estimate of drug-likeness (QED) is 0.658. The number of halogens is 3. The van der Waals surface area contributed by atoms with Gasteiger partial charge in [0.05, 0.1) is 5.56 Å². The largest absolute Gasteiger partial charge is 0.488 e. The van der Waals surface area contributed by atoms with E-state index in [9.17, 15) is 4.79 Å². The van der Waals surface area contributed by atoms with Gasteiger partial charge in [0.15, 0.2) is 5.78 Å². The van der Waals surface area contributed by atoms with E-state index in [2.05, 4.69) is 15.9 Å². The second-order valence-electron chi connectivity index (χ2n) is 4.22. The van der Waals surface area contributed by atoms with Gasteiger partial charge in [0, 0.05) is 20.1 Å². The third-order valence-corrected chi connectivity index (χ3v) is 3.81. The summed E-state index contributed by atoms with van der Waals surface area (Å²) in [5.74, 6) is 0.468. The lowest BCUT2D eigenvalue weighted by atomic mass is 10.1. The number of ether oxygens (including phenoxy) is 1. The molecule has 0 heterocycles. The van der Waals surface area contributed by atoms with Crippen LogP contribution < -0.4 is 4.74 Å². The Morgan fingerprint density at radius 1 is 1.20 bits per heavy atom. The zero-order valence-electron chi connectivity index (χ0n) is 10.6. The molecule has 2 rings (SSSR count). The predicted molar refractivity (Wildman–Crippen MR) is 84.9 cm³/mol. The van der Waals surface area contributed by atoms with Crippen molar-refractivity contribution in [3.63, 3.8) is 0 Å². The van der Waals surface area contributed by atoms with Crippen LogP contribution in [0, 0.1) is 0 Å². The van der Waals surface area contributed by atoms with Gasteiger partial charge in [0.25, 0.3) is 0 Å². The van der Waals surface area contributed by atoms with Crippen molar-refractivity contribution in [2.75, 3.05) is 0 Å². The van der Waals surface area contributed by atoms with Crippen molar-refractivity contribution in [3.8, 4) is 5.75 Å². The summed E-state index contributed by atoms with van der Waals surface area (Å²) in [6.07, 6.45) is 0. The van der Waals surface area contributed by atoms with Gasteiger partial charge in [-0.25, -0.2) is 0 Å². The highest BCUT2D eigenvalue weighted by atomic mass is 79.9. The van der Waals surface area contributed by atoms with Crippen molar-refractivity contribution in [3.05, 3.63) is 62.0 Å². The normalized spacial score (nSPS) is 10.4. The van der Waals surface area contributed by atoms with Gasteiger partial charge in [-0.05, 0) is 43.3 Å². The first kappa shape index (κ1) is 15.4. The molecule has 0 aromatic heterocycles. The molecule has 104 valence electrons. The minimum Gasteiger partial charge on any atom is -0.488 e. The first-order chi connectivity index (χ1) is 9.47. The number of rotatable bonds is 4. The fourth-order valence-electron chi connectivity index (χ4n) is 1.71. The maximum Gasteiger partial charge on any atom is 0.163 e. The molecule has 0 aliphatic carbocycles. The maximum atomic E-state index is 11.6. The molecule has 2 nitrogen and oxygen atoms in total. The number of carbonyl (C=O) groups excluding carboxylic acids is 1. The van der Waals surface area contributed by atoms with E-state index in [1.54, 1.807) is 30.3 Å². The summed E-state index contributed by atoms with van der Waals surface area (Å²) in [6.45, 7) is 1.75. The van der Waals surface area contributed by atoms with Gasteiger partial charge in [-0.15, -0.1) is 0 Å². The first-order valence-electron chi connectivity index (χ1n) is 5.84. The third kappa shape index (κ3) is 3.75. The predicted octanol–water partition coefficient (Wildman–Crippen LogP) is 5.54. The fraction of sp³-hybridized carbons (Fsp3) is 0.133. The van der Waals surface area contributed by atoms with Crippen LogP contribution in [0.25, 0.3) is 0 Å². The zero-order chi connectivity index (χ0) is 14.7. The van der Waals surface area contributed by atoms with Crippen molar-refractivity contribution in [2.45, 2.75) is 13.5 Å². The topological polar surface area (TPSA) is 26.3 Å². The fourth-order valence-corrected chi connectivity index (χ4v) is 2.44. The maximum absolute atomic E-state index is 11.6. The first-order valence-corrected chi connectivity index (χ1v) is 7.39. The molecule has 0 amide bonds. The van der Waals surface area contributed by atoms with Crippen molar-refractivity contribution in [2.24, 2.45) is 0 Å². The molecule has 0 bridgehead atoms. The van der Waals surface area contributed by atoms with Crippen molar-refractivity contribution in [1.29, 1.82) is 0 Å². The Balaban J connectivity index is 2.23. The van der Waals surface area contributed by atoms with Crippen LogP contribution in [-0.2, 0) is 6.61 Å². The molecule has 0 unspecified atom stereocenters. The van der Waals surface area contributed by atoms with Crippen LogP contribution in [-0.4, -0.2) is 5.78 Å². The van der Waals surface area contributed by atoms with Gasteiger partial charge >= 0.3 is 0 Å². The standard InChI is InChI=1S/C15H11BrCl2O2/c1-9(19)13-7-11(16)2-5-15(13)20-8-10-6-12(17)3-4-14(10)18/h2-7H,8H2,1H3. The number of ketones is 1. The highest BCUT2D eigenvalue weighted by molar-refractivity contribution is 9.10. The number of benzene rings is 2. The number of carbonyl (C=O) groups is 1. The van der Waals surface area contributed by atoms with Crippen LogP contribution in [0.1, 0.15) is 22.8 Å². The summed E-state index contributed by atoms with van der Waals surface area (Å²) in [5, 5.41) is 1.17. The van der Waals surface area contributed by atoms with E-state index in [0.29, 0.717) is 21.4 Å². The Hall–Kier alpha value is -1.03. The van der Waals surface area contributed by atoms with E-state index < -0.39 is 0 Å². The molecule has 0 saturated heterocycles. The molecule has 0 N–H and O–H groups in total. The monoisotopic (exact) mass is 372 g/mol. The second kappa shape index (κ2) is 6.61. The van der Waals surface area contributed by atoms with Gasteiger partial charge < -0.3 is 4.74 Å². The molecule has 0 radical (unpaired) electrons. The van der Waals surface area contributed by atoms with Gasteiger partial charge in [-0.1, -0.05) is 39.1 Å². The summed E-state index contributed by atoms with van der Waals surface area (Å²) in [6, 6.07) is 10.5. The Morgan fingerprint density at radius 2 is 1.95 bits per heavy atom. The highest BCUT2D eigenvalue weighted by Gasteiger charge is 2.10. The number of hydrogen-bond acceptors (Lipinski definition) is 2. The van der Waals surface area contributed by atoms with Gasteiger partial charge in [-0.2, -0.15) is 0 Å². The van der Waals surface area contributed by atoms with Crippen LogP contribution in [0.3, 0.4) is 0 Å². The minimum atomic E-state index is -0.0570. The van der Waals surface area contributed by atoms with E-state index in [4.69, 9.17) is 27.9 Å². The Kier molecular flexibility index (Phi) is 5.08. The van der Waals surface area contributed by atoms with Gasteiger partial charge in [0.2, 0.25) is 0 Å². The molecule has 5 heteroatoms. The molecular formula is C15H11BrCl2O2. The van der Waals surface area contributed by atoms with E-state index >= 15 is 0 Å². The Bertz CT molecular complexity index is 656. The van der Waals surface area contributed by atoms with Crippen LogP contribution in [0.15, 0.2) is 40.9 Å². The van der Waals surface area contributed by atoms with Crippen LogP contribution in [0.2, 0.25) is 10.0 Å². The van der Waals surface area contributed by atoms with Crippen molar-refractivity contribution in [1.82, 2.24) is 0 Å². The number of Topliss-reactive ketones (excluding diaryl/α,β-unsaturated/α-hetero) is 1. The summed E-state index contributed by atoms with van der Waals surface area (Å²) < 4.78 is 6.52. The smallest absolute Gasteiger partial charge is 0.163 e. The van der Waals surface area contributed by atoms with Gasteiger partial charge in [0.1, 0.15) is 12.4 Å². The molecule has 2 aromatic rings. The van der Waals surface area contributed by atoms with Crippen molar-refractivity contribution >= 4 is 44.9 Å². The van der Waals surface area contributed by atoms with E-state index in [-0.39, 0.29) is 12.4 Å². The molecule has 2 aromatic carbocycles. The van der Waals surface area contributed by atoms with E-state index in [1.807, 2.05) is 6.07 Å². The molecule has 0 saturated carbocycles. The lowest BCUT2D eigenvalue weighted by molar-refractivity contribution is 0.101. The SMILES string of the molecule is CC(=O)c1cc(Br)ccc1OCc1cc(Cl)ccc1Cl. The van der Waals surface area contributed by atoms with Crippen LogP contribution in [0.4, 0.5) is 0 Å². The molecule has 0 spiro atoms. The van der Waals surface area contributed by atoms with Gasteiger partial charge in [-0.3, -0.25) is 4.79 Å². The lowest BCUT2D eigenvalue weighted by Crippen LogP contribution is -2.02. The lowest BCUT2D eigenvalue weighted by Gasteiger charge is -2.11. The van der Waals surface area contributed by atoms with Crippen molar-refractivity contribution < 1.29 is 9.53 Å². The number of hydrogen-bond donors (Lipinski definition) is 0. The zero-order valence-corrected chi connectivity index (χ0v) is 13.7.